The molecule has 0 bridgehead atoms. The lowest BCUT2D eigenvalue weighted by Gasteiger charge is -2.16. The van der Waals surface area contributed by atoms with Gasteiger partial charge in [0.25, 0.3) is 0 Å². The van der Waals surface area contributed by atoms with E-state index in [1.54, 1.807) is 21.1 Å². The van der Waals surface area contributed by atoms with Gasteiger partial charge >= 0.3 is 5.97 Å². The molecule has 6 nitrogen and oxygen atoms in total. The summed E-state index contributed by atoms with van der Waals surface area (Å²) in [7, 11) is 4.45. The topological polar surface area (TPSA) is 86.7 Å². The maximum absolute atomic E-state index is 12.0. The Labute approximate surface area is 152 Å². The van der Waals surface area contributed by atoms with Crippen molar-refractivity contribution in [1.82, 2.24) is 0 Å². The third kappa shape index (κ3) is 5.46. The highest BCUT2D eigenvalue weighted by Gasteiger charge is 2.23. The molecule has 0 atom stereocenters. The van der Waals surface area contributed by atoms with Crippen LogP contribution in [0.2, 0.25) is 0 Å². The van der Waals surface area contributed by atoms with E-state index in [1.165, 1.54) is 37.5 Å². The van der Waals surface area contributed by atoms with Crippen LogP contribution in [-0.4, -0.2) is 46.2 Å². The van der Waals surface area contributed by atoms with Gasteiger partial charge in [0.2, 0.25) is 0 Å². The molecular weight excluding hydrogens is 336 g/mol. The van der Waals surface area contributed by atoms with Crippen molar-refractivity contribution in [2.24, 2.45) is 0 Å². The molecule has 1 rings (SSSR count). The standard InChI is InChI=1S/C18H16O5.C2H6O/c1-4-12(9-19)17(15(5-2)18(22)23-3)16-13(10-20)7-6-8-14(16)11-21;1-3-2/h4-11H,1H2,2-3H3;1-2H3/b15-5+,17-12-;. The predicted octanol–water partition coefficient (Wildman–Crippen LogP) is 2.83. The van der Waals surface area contributed by atoms with Gasteiger partial charge in [-0.25, -0.2) is 4.79 Å². The number of carbonyl (C=O) groups excluding carboxylic acids is 4. The molecule has 0 aromatic heterocycles. The van der Waals surface area contributed by atoms with E-state index in [0.717, 1.165) is 0 Å². The summed E-state index contributed by atoms with van der Waals surface area (Å²) in [6.07, 6.45) is 4.32. The van der Waals surface area contributed by atoms with Crippen LogP contribution in [0.4, 0.5) is 0 Å². The van der Waals surface area contributed by atoms with E-state index in [1.807, 2.05) is 0 Å². The molecule has 1 aromatic rings. The minimum absolute atomic E-state index is 0.0619. The summed E-state index contributed by atoms with van der Waals surface area (Å²) in [6, 6.07) is 4.52. The van der Waals surface area contributed by atoms with Gasteiger partial charge in [-0.15, -0.1) is 0 Å². The zero-order valence-electron chi connectivity index (χ0n) is 15.3. The number of rotatable bonds is 7. The lowest BCUT2D eigenvalue weighted by atomic mass is 9.87. The van der Waals surface area contributed by atoms with Crippen molar-refractivity contribution < 1.29 is 28.7 Å². The normalized spacial score (nSPS) is 11.3. The van der Waals surface area contributed by atoms with Crippen LogP contribution >= 0.6 is 0 Å². The summed E-state index contributed by atoms with van der Waals surface area (Å²) >= 11 is 0. The fraction of sp³-hybridized carbons (Fsp3) is 0.200. The van der Waals surface area contributed by atoms with Gasteiger partial charge in [-0.05, 0) is 6.92 Å². The Hall–Kier alpha value is -3.12. The van der Waals surface area contributed by atoms with E-state index in [9.17, 15) is 19.2 Å². The number of hydrogen-bond donors (Lipinski definition) is 0. The number of carbonyl (C=O) groups is 4. The Morgan fingerprint density at radius 2 is 1.54 bits per heavy atom. The maximum atomic E-state index is 12.0. The van der Waals surface area contributed by atoms with E-state index >= 15 is 0 Å². The first-order chi connectivity index (χ1) is 12.5. The smallest absolute Gasteiger partial charge is 0.338 e. The molecule has 0 spiro atoms. The van der Waals surface area contributed by atoms with Gasteiger partial charge in [-0.1, -0.05) is 36.9 Å². The number of allylic oxidation sites excluding steroid dienone is 3. The highest BCUT2D eigenvalue weighted by molar-refractivity contribution is 6.14. The van der Waals surface area contributed by atoms with Gasteiger partial charge in [0.15, 0.2) is 18.9 Å². The Bertz CT molecular complexity index is 704. The van der Waals surface area contributed by atoms with E-state index in [2.05, 4.69) is 11.3 Å². The molecule has 0 amide bonds. The van der Waals surface area contributed by atoms with Crippen LogP contribution in [0, 0.1) is 0 Å². The van der Waals surface area contributed by atoms with Gasteiger partial charge in [-0.2, -0.15) is 0 Å². The number of hydrogen-bond acceptors (Lipinski definition) is 6. The van der Waals surface area contributed by atoms with Gasteiger partial charge in [-0.3, -0.25) is 14.4 Å². The number of ether oxygens (including phenoxy) is 2. The molecule has 0 unspecified atom stereocenters. The van der Waals surface area contributed by atoms with Crippen molar-refractivity contribution in [3.63, 3.8) is 0 Å². The average molecular weight is 358 g/mol. The van der Waals surface area contributed by atoms with Crippen molar-refractivity contribution in [2.45, 2.75) is 6.92 Å². The largest absolute Gasteiger partial charge is 0.465 e. The summed E-state index contributed by atoms with van der Waals surface area (Å²) in [6.45, 7) is 5.13. The molecule has 0 heterocycles. The maximum Gasteiger partial charge on any atom is 0.338 e. The minimum atomic E-state index is -0.693. The summed E-state index contributed by atoms with van der Waals surface area (Å²) < 4.78 is 8.97. The zero-order valence-corrected chi connectivity index (χ0v) is 15.3. The second kappa shape index (κ2) is 12.3. The van der Waals surface area contributed by atoms with E-state index < -0.39 is 5.97 Å². The van der Waals surface area contributed by atoms with Crippen LogP contribution in [0.15, 0.2) is 48.1 Å². The Morgan fingerprint density at radius 1 is 1.04 bits per heavy atom. The molecule has 0 fully saturated rings. The molecule has 0 saturated carbocycles. The quantitative estimate of drug-likeness (QED) is 0.322. The third-order valence-corrected chi connectivity index (χ3v) is 3.23. The van der Waals surface area contributed by atoms with Crippen LogP contribution < -0.4 is 0 Å². The molecular formula is C20H22O6. The van der Waals surface area contributed by atoms with Crippen LogP contribution in [0.1, 0.15) is 33.2 Å². The Balaban J connectivity index is 0.00000194. The van der Waals surface area contributed by atoms with Gasteiger partial charge in [0.05, 0.1) is 12.7 Å². The fourth-order valence-corrected chi connectivity index (χ4v) is 2.19. The molecule has 0 saturated heterocycles. The van der Waals surface area contributed by atoms with Gasteiger partial charge in [0, 0.05) is 42.1 Å². The number of esters is 1. The van der Waals surface area contributed by atoms with Crippen molar-refractivity contribution in [2.75, 3.05) is 21.3 Å². The molecule has 0 aliphatic heterocycles. The van der Waals surface area contributed by atoms with Crippen molar-refractivity contribution >= 4 is 30.4 Å². The van der Waals surface area contributed by atoms with Gasteiger partial charge < -0.3 is 9.47 Å². The third-order valence-electron chi connectivity index (χ3n) is 3.23. The predicted molar refractivity (Wildman–Crippen MR) is 99.1 cm³/mol. The summed E-state index contributed by atoms with van der Waals surface area (Å²) in [5.41, 5.74) is 0.808. The van der Waals surface area contributed by atoms with Gasteiger partial charge in [0.1, 0.15) is 0 Å². The highest BCUT2D eigenvalue weighted by Crippen LogP contribution is 2.32. The number of methoxy groups -OCH3 is 2. The lowest BCUT2D eigenvalue weighted by molar-refractivity contribution is -0.135. The van der Waals surface area contributed by atoms with Crippen LogP contribution in [0.3, 0.4) is 0 Å². The van der Waals surface area contributed by atoms with E-state index in [4.69, 9.17) is 4.74 Å². The zero-order chi connectivity index (χ0) is 20.1. The molecule has 1 aromatic carbocycles. The fourth-order valence-electron chi connectivity index (χ4n) is 2.19. The van der Waals surface area contributed by atoms with Crippen LogP contribution in [-0.2, 0) is 19.1 Å². The number of benzene rings is 1. The van der Waals surface area contributed by atoms with Crippen molar-refractivity contribution in [3.05, 3.63) is 64.8 Å². The minimum Gasteiger partial charge on any atom is -0.465 e. The monoisotopic (exact) mass is 358 g/mol. The molecule has 0 N–H and O–H groups in total. The van der Waals surface area contributed by atoms with E-state index in [0.29, 0.717) is 18.9 Å². The summed E-state index contributed by atoms with van der Waals surface area (Å²) in [5.74, 6) is -0.693. The van der Waals surface area contributed by atoms with Crippen LogP contribution in [0.25, 0.3) is 5.57 Å². The molecule has 26 heavy (non-hydrogen) atoms. The van der Waals surface area contributed by atoms with Crippen LogP contribution in [0.5, 0.6) is 0 Å². The summed E-state index contributed by atoms with van der Waals surface area (Å²) in [4.78, 5) is 46.2. The molecule has 0 radical (unpaired) electrons. The second-order valence-electron chi connectivity index (χ2n) is 4.80. The second-order valence-corrected chi connectivity index (χ2v) is 4.80. The highest BCUT2D eigenvalue weighted by atomic mass is 16.5. The molecule has 138 valence electrons. The van der Waals surface area contributed by atoms with Crippen molar-refractivity contribution in [3.8, 4) is 0 Å². The van der Waals surface area contributed by atoms with Crippen molar-refractivity contribution in [1.29, 1.82) is 0 Å². The number of aldehydes is 3. The van der Waals surface area contributed by atoms with E-state index in [-0.39, 0.29) is 33.4 Å². The Kier molecular flexibility index (Phi) is 10.8. The SMILES string of the molecule is C=C/C(C=O)=C(\C(=C/C)C(=O)OC)c1c(C=O)cccc1C=O.COC. The first kappa shape index (κ1) is 22.9. The average Bonchev–Trinajstić information content (AvgIpc) is 2.67. The first-order valence-electron chi connectivity index (χ1n) is 7.51. The summed E-state index contributed by atoms with van der Waals surface area (Å²) in [5, 5.41) is 0. The molecule has 6 heteroatoms. The molecule has 0 aliphatic carbocycles. The Morgan fingerprint density at radius 3 is 1.85 bits per heavy atom. The molecule has 0 aliphatic rings. The first-order valence-corrected chi connectivity index (χ1v) is 7.51. The lowest BCUT2D eigenvalue weighted by Crippen LogP contribution is -2.11.